The standard InChI is InChI=1S/C17H21Cl2NO2/c1-20(15-8-4-13(5-9-15)3-2-12-18)17(21)22-16-10-6-14(19)7-11-16/h2-3,6-7,10-11,13,15H,4-5,8-9,12H2,1H3/b3-2+. The third kappa shape index (κ3) is 4.92. The van der Waals surface area contributed by atoms with Gasteiger partial charge in [-0.2, -0.15) is 0 Å². The molecule has 120 valence electrons. The molecule has 1 aliphatic rings. The van der Waals surface area contributed by atoms with Crippen molar-refractivity contribution in [2.45, 2.75) is 31.7 Å². The van der Waals surface area contributed by atoms with E-state index in [9.17, 15) is 4.79 Å². The van der Waals surface area contributed by atoms with Crippen molar-refractivity contribution in [2.24, 2.45) is 5.92 Å². The number of carbonyl (C=O) groups excluding carboxylic acids is 1. The first-order chi connectivity index (χ1) is 10.6. The summed E-state index contributed by atoms with van der Waals surface area (Å²) in [6.45, 7) is 0. The number of nitrogens with zero attached hydrogens (tertiary/aromatic N) is 1. The van der Waals surface area contributed by atoms with Crippen LogP contribution in [-0.4, -0.2) is 30.0 Å². The van der Waals surface area contributed by atoms with Crippen LogP contribution in [0.1, 0.15) is 25.7 Å². The first kappa shape index (κ1) is 17.2. The molecule has 1 aliphatic carbocycles. The number of halogens is 2. The molecule has 1 fully saturated rings. The van der Waals surface area contributed by atoms with Gasteiger partial charge in [-0.25, -0.2) is 4.79 Å². The highest BCUT2D eigenvalue weighted by Gasteiger charge is 2.26. The van der Waals surface area contributed by atoms with Crippen LogP contribution in [0.25, 0.3) is 0 Å². The molecule has 0 aromatic heterocycles. The van der Waals surface area contributed by atoms with E-state index in [-0.39, 0.29) is 12.1 Å². The van der Waals surface area contributed by atoms with Gasteiger partial charge in [-0.1, -0.05) is 23.8 Å². The largest absolute Gasteiger partial charge is 0.415 e. The molecular formula is C17H21Cl2NO2. The minimum atomic E-state index is -0.318. The van der Waals surface area contributed by atoms with Gasteiger partial charge in [0.2, 0.25) is 0 Å². The lowest BCUT2D eigenvalue weighted by Gasteiger charge is -2.33. The smallest absolute Gasteiger partial charge is 0.410 e. The highest BCUT2D eigenvalue weighted by Crippen LogP contribution is 2.28. The van der Waals surface area contributed by atoms with E-state index in [0.29, 0.717) is 22.6 Å². The van der Waals surface area contributed by atoms with Crippen molar-refractivity contribution in [2.75, 3.05) is 12.9 Å². The maximum atomic E-state index is 12.2. The Hall–Kier alpha value is -1.19. The zero-order valence-electron chi connectivity index (χ0n) is 12.7. The molecule has 1 aromatic rings. The predicted octanol–water partition coefficient (Wildman–Crippen LogP) is 5.12. The number of amides is 1. The topological polar surface area (TPSA) is 29.5 Å². The molecule has 0 unspecified atom stereocenters. The van der Waals surface area contributed by atoms with Gasteiger partial charge in [-0.05, 0) is 55.9 Å². The van der Waals surface area contributed by atoms with E-state index in [1.807, 2.05) is 6.08 Å². The quantitative estimate of drug-likeness (QED) is 0.561. The highest BCUT2D eigenvalue weighted by molar-refractivity contribution is 6.30. The highest BCUT2D eigenvalue weighted by atomic mass is 35.5. The second-order valence-corrected chi connectivity index (χ2v) is 6.33. The van der Waals surface area contributed by atoms with E-state index >= 15 is 0 Å². The molecule has 2 rings (SSSR count). The third-order valence-electron chi connectivity index (χ3n) is 4.09. The molecule has 0 N–H and O–H groups in total. The van der Waals surface area contributed by atoms with Crippen LogP contribution in [0.4, 0.5) is 4.79 Å². The Labute approximate surface area is 141 Å². The van der Waals surface area contributed by atoms with Crippen molar-refractivity contribution >= 4 is 29.3 Å². The summed E-state index contributed by atoms with van der Waals surface area (Å²) < 4.78 is 5.37. The van der Waals surface area contributed by atoms with Gasteiger partial charge in [0.25, 0.3) is 0 Å². The monoisotopic (exact) mass is 341 g/mol. The molecule has 1 saturated carbocycles. The maximum absolute atomic E-state index is 12.2. The van der Waals surface area contributed by atoms with Crippen LogP contribution in [0.15, 0.2) is 36.4 Å². The number of hydrogen-bond donors (Lipinski definition) is 0. The Morgan fingerprint density at radius 2 is 1.91 bits per heavy atom. The summed E-state index contributed by atoms with van der Waals surface area (Å²) in [5.74, 6) is 1.66. The Bertz CT molecular complexity index is 508. The van der Waals surface area contributed by atoms with Gasteiger partial charge >= 0.3 is 6.09 Å². The van der Waals surface area contributed by atoms with E-state index in [4.69, 9.17) is 27.9 Å². The number of hydrogen-bond acceptors (Lipinski definition) is 2. The van der Waals surface area contributed by atoms with Crippen LogP contribution in [0.2, 0.25) is 5.02 Å². The number of alkyl halides is 1. The van der Waals surface area contributed by atoms with Crippen LogP contribution in [0, 0.1) is 5.92 Å². The van der Waals surface area contributed by atoms with E-state index in [2.05, 4.69) is 6.08 Å². The molecular weight excluding hydrogens is 321 g/mol. The fourth-order valence-electron chi connectivity index (χ4n) is 2.75. The van der Waals surface area contributed by atoms with Crippen LogP contribution in [0.5, 0.6) is 5.75 Å². The number of rotatable bonds is 4. The number of carbonyl (C=O) groups is 1. The summed E-state index contributed by atoms with van der Waals surface area (Å²) in [4.78, 5) is 13.9. The first-order valence-corrected chi connectivity index (χ1v) is 8.44. The molecule has 1 aromatic carbocycles. The molecule has 0 saturated heterocycles. The molecule has 0 spiro atoms. The summed E-state index contributed by atoms with van der Waals surface area (Å²) in [6.07, 6.45) is 8.02. The lowest BCUT2D eigenvalue weighted by Crippen LogP contribution is -2.40. The molecule has 22 heavy (non-hydrogen) atoms. The first-order valence-electron chi connectivity index (χ1n) is 7.53. The summed E-state index contributed by atoms with van der Waals surface area (Å²) in [5.41, 5.74) is 0. The Morgan fingerprint density at radius 1 is 1.27 bits per heavy atom. The number of allylic oxidation sites excluding steroid dienone is 2. The lowest BCUT2D eigenvalue weighted by atomic mass is 9.85. The van der Waals surface area contributed by atoms with Gasteiger partial charge in [0.05, 0.1) is 0 Å². The number of benzene rings is 1. The van der Waals surface area contributed by atoms with E-state index < -0.39 is 0 Å². The molecule has 5 heteroatoms. The fourth-order valence-corrected chi connectivity index (χ4v) is 2.98. The maximum Gasteiger partial charge on any atom is 0.415 e. The normalized spacial score (nSPS) is 21.8. The summed E-state index contributed by atoms with van der Waals surface area (Å²) in [6, 6.07) is 7.04. The second kappa shape index (κ2) is 8.44. The molecule has 0 aliphatic heterocycles. The minimum absolute atomic E-state index is 0.237. The van der Waals surface area contributed by atoms with Gasteiger partial charge in [0, 0.05) is 24.0 Å². The molecule has 3 nitrogen and oxygen atoms in total. The van der Waals surface area contributed by atoms with Gasteiger partial charge in [-0.3, -0.25) is 0 Å². The fraction of sp³-hybridized carbons (Fsp3) is 0.471. The van der Waals surface area contributed by atoms with E-state index in [0.717, 1.165) is 25.7 Å². The summed E-state index contributed by atoms with van der Waals surface area (Å²) in [7, 11) is 1.80. The van der Waals surface area contributed by atoms with Crippen molar-refractivity contribution in [3.63, 3.8) is 0 Å². The average molecular weight is 342 g/mol. The van der Waals surface area contributed by atoms with Gasteiger partial charge in [0.15, 0.2) is 0 Å². The molecule has 1 amide bonds. The van der Waals surface area contributed by atoms with Crippen molar-refractivity contribution in [3.05, 3.63) is 41.4 Å². The van der Waals surface area contributed by atoms with Crippen LogP contribution in [-0.2, 0) is 0 Å². The second-order valence-electron chi connectivity index (χ2n) is 5.58. The van der Waals surface area contributed by atoms with Crippen LogP contribution in [0.3, 0.4) is 0 Å². The zero-order chi connectivity index (χ0) is 15.9. The summed E-state index contributed by atoms with van der Waals surface area (Å²) in [5, 5.41) is 0.622. The van der Waals surface area contributed by atoms with Gasteiger partial charge in [-0.15, -0.1) is 11.6 Å². The minimum Gasteiger partial charge on any atom is -0.410 e. The number of ether oxygens (including phenoxy) is 1. The van der Waals surface area contributed by atoms with Crippen LogP contribution < -0.4 is 4.74 Å². The van der Waals surface area contributed by atoms with Crippen molar-refractivity contribution in [1.82, 2.24) is 4.90 Å². The molecule has 0 bridgehead atoms. The Morgan fingerprint density at radius 3 is 2.50 bits per heavy atom. The SMILES string of the molecule is CN(C(=O)Oc1ccc(Cl)cc1)C1CCC(/C=C/CCl)CC1. The zero-order valence-corrected chi connectivity index (χ0v) is 14.2. The van der Waals surface area contributed by atoms with Crippen LogP contribution >= 0.6 is 23.2 Å². The van der Waals surface area contributed by atoms with E-state index in [1.54, 1.807) is 36.2 Å². The molecule has 0 heterocycles. The van der Waals surface area contributed by atoms with E-state index in [1.165, 1.54) is 0 Å². The lowest BCUT2D eigenvalue weighted by molar-refractivity contribution is 0.128. The van der Waals surface area contributed by atoms with Gasteiger partial charge < -0.3 is 9.64 Å². The molecule has 0 radical (unpaired) electrons. The third-order valence-corrected chi connectivity index (χ3v) is 4.52. The van der Waals surface area contributed by atoms with Gasteiger partial charge in [0.1, 0.15) is 5.75 Å². The predicted molar refractivity (Wildman–Crippen MR) is 90.8 cm³/mol. The van der Waals surface area contributed by atoms with Crippen molar-refractivity contribution in [3.8, 4) is 5.75 Å². The average Bonchev–Trinajstić information content (AvgIpc) is 2.55. The summed E-state index contributed by atoms with van der Waals surface area (Å²) >= 11 is 11.5. The molecule has 0 atom stereocenters. The van der Waals surface area contributed by atoms with Crippen molar-refractivity contribution < 1.29 is 9.53 Å². The van der Waals surface area contributed by atoms with Crippen molar-refractivity contribution in [1.29, 1.82) is 0 Å². The Kier molecular flexibility index (Phi) is 6.59. The Balaban J connectivity index is 1.84.